The lowest BCUT2D eigenvalue weighted by Crippen LogP contribution is -2.62. The number of carbonyl (C=O) groups excluding carboxylic acids is 1. The molecule has 5 rings (SSSR count). The lowest BCUT2D eigenvalue weighted by molar-refractivity contribution is 0.0215. The molecule has 4 heterocycles. The molecule has 1 amide bonds. The summed E-state index contributed by atoms with van der Waals surface area (Å²) in [6.45, 7) is 4.25. The minimum Gasteiger partial charge on any atom is -0.346 e. The van der Waals surface area contributed by atoms with Crippen LogP contribution < -0.4 is 5.32 Å². The van der Waals surface area contributed by atoms with Crippen molar-refractivity contribution in [1.82, 2.24) is 14.8 Å². The minimum atomic E-state index is -0.994. The molecular formula is C20H22F3N3O. The Labute approximate surface area is 156 Å². The Bertz CT molecular complexity index is 862. The standard InChI is InChI=1S/C20H22F3N3O/c1-11-19(12-5-7-26(11)8-6-12)24-20(27)17-4-3-16(25(17)2)18-14(22)9-13(21)10-15(18)23/h3-4,9-12,19H,5-8H2,1-2H3,(H,24,27). The molecular weight excluding hydrogens is 355 g/mol. The average Bonchev–Trinajstić information content (AvgIpc) is 2.99. The molecule has 144 valence electrons. The molecule has 0 spiro atoms. The van der Waals surface area contributed by atoms with E-state index in [0.717, 1.165) is 25.9 Å². The average molecular weight is 377 g/mol. The SMILES string of the molecule is CC1C(NC(=O)c2ccc(-c3c(F)cc(F)cc3F)n2C)C2CCN1CC2. The smallest absolute Gasteiger partial charge is 0.268 e. The molecule has 1 aromatic heterocycles. The van der Waals surface area contributed by atoms with E-state index >= 15 is 0 Å². The fourth-order valence-electron chi connectivity index (χ4n) is 4.55. The van der Waals surface area contributed by atoms with E-state index < -0.39 is 17.5 Å². The van der Waals surface area contributed by atoms with E-state index in [-0.39, 0.29) is 29.2 Å². The summed E-state index contributed by atoms with van der Waals surface area (Å²) in [5.41, 5.74) is 0.169. The monoisotopic (exact) mass is 377 g/mol. The molecule has 2 bridgehead atoms. The molecule has 4 nitrogen and oxygen atoms in total. The molecule has 3 aliphatic heterocycles. The second kappa shape index (κ2) is 6.71. The number of halogens is 3. The Balaban J connectivity index is 1.60. The molecule has 2 aromatic rings. The van der Waals surface area contributed by atoms with E-state index in [0.29, 0.717) is 23.7 Å². The fraction of sp³-hybridized carbons (Fsp3) is 0.450. The number of nitrogens with zero attached hydrogens (tertiary/aromatic N) is 2. The summed E-state index contributed by atoms with van der Waals surface area (Å²) in [6.07, 6.45) is 2.14. The first kappa shape index (κ1) is 18.1. The number of piperidine rings is 3. The molecule has 2 atom stereocenters. The Morgan fingerprint density at radius 3 is 2.33 bits per heavy atom. The van der Waals surface area contributed by atoms with E-state index in [1.54, 1.807) is 13.1 Å². The van der Waals surface area contributed by atoms with Gasteiger partial charge in [-0.3, -0.25) is 9.69 Å². The van der Waals surface area contributed by atoms with Crippen molar-refractivity contribution in [1.29, 1.82) is 0 Å². The molecule has 1 N–H and O–H groups in total. The Morgan fingerprint density at radius 1 is 1.11 bits per heavy atom. The van der Waals surface area contributed by atoms with Crippen molar-refractivity contribution in [3.8, 4) is 11.3 Å². The summed E-state index contributed by atoms with van der Waals surface area (Å²) in [5, 5.41) is 3.11. The molecule has 0 aliphatic carbocycles. The van der Waals surface area contributed by atoms with Gasteiger partial charge in [0.05, 0.1) is 11.3 Å². The van der Waals surface area contributed by atoms with Gasteiger partial charge in [0, 0.05) is 31.3 Å². The summed E-state index contributed by atoms with van der Waals surface area (Å²) < 4.78 is 42.8. The summed E-state index contributed by atoms with van der Waals surface area (Å²) >= 11 is 0. The first-order chi connectivity index (χ1) is 12.9. The Hall–Kier alpha value is -2.28. The zero-order chi connectivity index (χ0) is 19.3. The molecule has 3 fully saturated rings. The van der Waals surface area contributed by atoms with Gasteiger partial charge in [-0.25, -0.2) is 13.2 Å². The van der Waals surface area contributed by atoms with Gasteiger partial charge >= 0.3 is 0 Å². The number of rotatable bonds is 3. The minimum absolute atomic E-state index is 0.0673. The molecule has 7 heteroatoms. The predicted molar refractivity (Wildman–Crippen MR) is 95.7 cm³/mol. The van der Waals surface area contributed by atoms with Crippen LogP contribution in [0.15, 0.2) is 24.3 Å². The van der Waals surface area contributed by atoms with E-state index in [1.807, 2.05) is 0 Å². The third kappa shape index (κ3) is 3.04. The van der Waals surface area contributed by atoms with E-state index in [1.165, 1.54) is 10.6 Å². The number of hydrogen-bond donors (Lipinski definition) is 1. The van der Waals surface area contributed by atoms with Crippen molar-refractivity contribution in [2.75, 3.05) is 13.1 Å². The van der Waals surface area contributed by atoms with Gasteiger partial charge in [-0.15, -0.1) is 0 Å². The van der Waals surface area contributed by atoms with Crippen molar-refractivity contribution in [3.63, 3.8) is 0 Å². The van der Waals surface area contributed by atoms with Crippen LogP contribution in [0.5, 0.6) is 0 Å². The number of carbonyl (C=O) groups is 1. The maximum absolute atomic E-state index is 14.1. The number of nitrogens with one attached hydrogen (secondary N) is 1. The normalized spacial score (nSPS) is 27.0. The highest BCUT2D eigenvalue weighted by molar-refractivity contribution is 5.94. The highest BCUT2D eigenvalue weighted by atomic mass is 19.1. The number of aromatic nitrogens is 1. The summed E-state index contributed by atoms with van der Waals surface area (Å²) in [5.74, 6) is -2.77. The first-order valence-electron chi connectivity index (χ1n) is 9.22. The number of amides is 1. The number of benzene rings is 1. The first-order valence-corrected chi connectivity index (χ1v) is 9.22. The quantitative estimate of drug-likeness (QED) is 0.891. The highest BCUT2D eigenvalue weighted by Crippen LogP contribution is 2.33. The van der Waals surface area contributed by atoms with Crippen molar-refractivity contribution in [2.45, 2.75) is 31.8 Å². The van der Waals surface area contributed by atoms with Crippen LogP contribution >= 0.6 is 0 Å². The summed E-state index contributed by atoms with van der Waals surface area (Å²) in [6, 6.07) is 4.64. The summed E-state index contributed by atoms with van der Waals surface area (Å²) in [4.78, 5) is 15.2. The van der Waals surface area contributed by atoms with E-state index in [2.05, 4.69) is 17.1 Å². The van der Waals surface area contributed by atoms with Crippen molar-refractivity contribution < 1.29 is 18.0 Å². The molecule has 2 unspecified atom stereocenters. The zero-order valence-electron chi connectivity index (χ0n) is 15.3. The van der Waals surface area contributed by atoms with Crippen LogP contribution in [0.4, 0.5) is 13.2 Å². The third-order valence-corrected chi connectivity index (χ3v) is 6.09. The molecule has 0 radical (unpaired) electrons. The van der Waals surface area contributed by atoms with Gasteiger partial charge in [-0.2, -0.15) is 0 Å². The zero-order valence-corrected chi connectivity index (χ0v) is 15.3. The van der Waals surface area contributed by atoms with Crippen LogP contribution in [-0.2, 0) is 7.05 Å². The van der Waals surface area contributed by atoms with Crippen LogP contribution in [0.3, 0.4) is 0 Å². The van der Waals surface area contributed by atoms with Crippen LogP contribution in [0.2, 0.25) is 0 Å². The fourth-order valence-corrected chi connectivity index (χ4v) is 4.55. The van der Waals surface area contributed by atoms with Gasteiger partial charge in [0.15, 0.2) is 0 Å². The lowest BCUT2D eigenvalue weighted by atomic mass is 9.79. The molecule has 27 heavy (non-hydrogen) atoms. The van der Waals surface area contributed by atoms with Crippen LogP contribution in [0.1, 0.15) is 30.3 Å². The van der Waals surface area contributed by atoms with Gasteiger partial charge in [0.25, 0.3) is 5.91 Å². The second-order valence-corrected chi connectivity index (χ2v) is 7.52. The van der Waals surface area contributed by atoms with Gasteiger partial charge in [0.2, 0.25) is 0 Å². The highest BCUT2D eigenvalue weighted by Gasteiger charge is 2.40. The van der Waals surface area contributed by atoms with Crippen LogP contribution in [-0.4, -0.2) is 40.5 Å². The third-order valence-electron chi connectivity index (χ3n) is 6.09. The lowest BCUT2D eigenvalue weighted by Gasteiger charge is -2.49. The molecule has 1 aromatic carbocycles. The molecule has 3 saturated heterocycles. The van der Waals surface area contributed by atoms with Gasteiger partial charge < -0.3 is 9.88 Å². The van der Waals surface area contributed by atoms with E-state index in [4.69, 9.17) is 0 Å². The number of fused-ring (bicyclic) bond motifs is 3. The van der Waals surface area contributed by atoms with Crippen LogP contribution in [0, 0.1) is 23.4 Å². The van der Waals surface area contributed by atoms with Gasteiger partial charge in [-0.05, 0) is 50.9 Å². The van der Waals surface area contributed by atoms with Crippen LogP contribution in [0.25, 0.3) is 11.3 Å². The Kier molecular flexibility index (Phi) is 4.50. The van der Waals surface area contributed by atoms with Crippen molar-refractivity contribution in [3.05, 3.63) is 47.4 Å². The van der Waals surface area contributed by atoms with Gasteiger partial charge in [-0.1, -0.05) is 0 Å². The maximum atomic E-state index is 14.1. The molecule has 0 saturated carbocycles. The maximum Gasteiger partial charge on any atom is 0.268 e. The number of hydrogen-bond acceptors (Lipinski definition) is 2. The summed E-state index contributed by atoms with van der Waals surface area (Å²) in [7, 11) is 1.58. The van der Waals surface area contributed by atoms with Crippen molar-refractivity contribution in [2.24, 2.45) is 13.0 Å². The van der Waals surface area contributed by atoms with Gasteiger partial charge in [0.1, 0.15) is 23.1 Å². The Morgan fingerprint density at radius 2 is 1.74 bits per heavy atom. The van der Waals surface area contributed by atoms with Crippen molar-refractivity contribution >= 4 is 5.91 Å². The topological polar surface area (TPSA) is 37.3 Å². The second-order valence-electron chi connectivity index (χ2n) is 7.52. The molecule has 3 aliphatic rings. The predicted octanol–water partition coefficient (Wildman–Crippen LogP) is 3.32. The largest absolute Gasteiger partial charge is 0.346 e. The van der Waals surface area contributed by atoms with E-state index in [9.17, 15) is 18.0 Å².